The number of hydrogen-bond donors (Lipinski definition) is 2. The van der Waals surface area contributed by atoms with Gasteiger partial charge < -0.3 is 15.1 Å². The molecule has 0 aromatic carbocycles. The predicted octanol–water partition coefficient (Wildman–Crippen LogP) is 6.65. The van der Waals surface area contributed by atoms with Crippen LogP contribution in [0.5, 0.6) is 0 Å². The van der Waals surface area contributed by atoms with E-state index in [4.69, 9.17) is 0 Å². The van der Waals surface area contributed by atoms with Crippen molar-refractivity contribution in [2.75, 3.05) is 6.54 Å². The van der Waals surface area contributed by atoms with Crippen molar-refractivity contribution in [2.24, 2.45) is 22.2 Å². The van der Waals surface area contributed by atoms with Crippen molar-refractivity contribution in [1.82, 2.24) is 9.88 Å². The first-order valence-corrected chi connectivity index (χ1v) is 12.2. The topological polar surface area (TPSA) is 90.7 Å². The summed E-state index contributed by atoms with van der Waals surface area (Å²) in [7, 11) is 0. The standard InChI is InChI=1S/C25H37BrF2N2O4/c1-21(2,3)18-24(9,22(4,5)6)30(20(33)34)11-10-25(18,19(31)32)13-15-17(27)14(23(7,8)28)12-16(26)29-15/h12,18H,10-11,13H2,1-9H3,(H,31,32)(H,33,34)/t18?,24-,25-/m1/s1. The van der Waals surface area contributed by atoms with Gasteiger partial charge in [0, 0.05) is 24.4 Å². The SMILES string of the molecule is CC(C)(F)c1cc(Br)nc(C[C@]2(C(=O)O)CCN(C(=O)O)[C@@](C)(C(C)(C)C)C2C(C)(C)C)c1F. The second kappa shape index (κ2) is 8.71. The number of carboxylic acids is 1. The molecule has 3 atom stereocenters. The summed E-state index contributed by atoms with van der Waals surface area (Å²) in [5.74, 6) is -2.74. The number of piperidine rings is 1. The van der Waals surface area contributed by atoms with Crippen molar-refractivity contribution < 1.29 is 28.6 Å². The Morgan fingerprint density at radius 3 is 2.09 bits per heavy atom. The number of carboxylic acid groups (broad SMARTS) is 2. The molecule has 192 valence electrons. The third kappa shape index (κ3) is 4.69. The van der Waals surface area contributed by atoms with Gasteiger partial charge in [-0.15, -0.1) is 0 Å². The Labute approximate surface area is 209 Å². The number of alkyl halides is 1. The van der Waals surface area contributed by atoms with E-state index in [-0.39, 0.29) is 35.2 Å². The van der Waals surface area contributed by atoms with Gasteiger partial charge in [0.15, 0.2) is 5.82 Å². The normalized spacial score (nSPS) is 26.5. The molecular weight excluding hydrogens is 510 g/mol. The third-order valence-electron chi connectivity index (χ3n) is 7.62. The molecular formula is C25H37BrF2N2O4. The first kappa shape index (κ1) is 28.5. The molecule has 1 aromatic heterocycles. The van der Waals surface area contributed by atoms with Crippen LogP contribution in [0.25, 0.3) is 0 Å². The van der Waals surface area contributed by atoms with Crippen molar-refractivity contribution in [2.45, 2.75) is 86.4 Å². The monoisotopic (exact) mass is 546 g/mol. The highest BCUT2D eigenvalue weighted by Gasteiger charge is 2.66. The number of amides is 1. The molecule has 0 radical (unpaired) electrons. The Kier molecular flexibility index (Phi) is 7.30. The molecule has 1 unspecified atom stereocenters. The van der Waals surface area contributed by atoms with E-state index in [0.717, 1.165) is 0 Å². The van der Waals surface area contributed by atoms with Crippen LogP contribution in [0, 0.1) is 28.0 Å². The highest BCUT2D eigenvalue weighted by Crippen LogP contribution is 2.60. The van der Waals surface area contributed by atoms with Gasteiger partial charge in [0.2, 0.25) is 0 Å². The van der Waals surface area contributed by atoms with Crippen LogP contribution in [0.1, 0.15) is 80.0 Å². The number of likely N-dealkylation sites (tertiary alicyclic amines) is 1. The summed E-state index contributed by atoms with van der Waals surface area (Å²) in [6.07, 6.45) is -1.44. The van der Waals surface area contributed by atoms with Crippen molar-refractivity contribution in [3.63, 3.8) is 0 Å². The van der Waals surface area contributed by atoms with Crippen LogP contribution in [0.4, 0.5) is 13.6 Å². The van der Waals surface area contributed by atoms with Crippen LogP contribution in [-0.2, 0) is 16.9 Å². The third-order valence-corrected chi connectivity index (χ3v) is 8.02. The lowest BCUT2D eigenvalue weighted by Crippen LogP contribution is -2.72. The minimum Gasteiger partial charge on any atom is -0.481 e. The number of hydrogen-bond acceptors (Lipinski definition) is 3. The largest absolute Gasteiger partial charge is 0.481 e. The van der Waals surface area contributed by atoms with Gasteiger partial charge in [-0.25, -0.2) is 18.6 Å². The minimum atomic E-state index is -2.00. The molecule has 1 amide bonds. The van der Waals surface area contributed by atoms with Crippen LogP contribution < -0.4 is 0 Å². The number of aliphatic carboxylic acids is 1. The van der Waals surface area contributed by atoms with Gasteiger partial charge in [-0.05, 0) is 60.0 Å². The number of carbonyl (C=O) groups is 2. The predicted molar refractivity (Wildman–Crippen MR) is 130 cm³/mol. The van der Waals surface area contributed by atoms with Gasteiger partial charge >= 0.3 is 12.1 Å². The summed E-state index contributed by atoms with van der Waals surface area (Å²) in [5.41, 5.74) is -6.35. The molecule has 9 heteroatoms. The van der Waals surface area contributed by atoms with Crippen LogP contribution in [0.3, 0.4) is 0 Å². The zero-order chi connectivity index (χ0) is 26.7. The Balaban J connectivity index is 2.89. The lowest BCUT2D eigenvalue weighted by Gasteiger charge is -2.64. The second-order valence-electron chi connectivity index (χ2n) is 12.2. The summed E-state index contributed by atoms with van der Waals surface area (Å²) in [6.45, 7) is 15.5. The molecule has 34 heavy (non-hydrogen) atoms. The molecule has 6 nitrogen and oxygen atoms in total. The molecule has 1 fully saturated rings. The number of halogens is 3. The molecule has 1 saturated heterocycles. The zero-order valence-corrected chi connectivity index (χ0v) is 23.1. The Morgan fingerprint density at radius 1 is 1.18 bits per heavy atom. The number of aromatic nitrogens is 1. The highest BCUT2D eigenvalue weighted by atomic mass is 79.9. The average Bonchev–Trinajstić information content (AvgIpc) is 2.60. The van der Waals surface area contributed by atoms with E-state index in [1.165, 1.54) is 24.8 Å². The van der Waals surface area contributed by atoms with Gasteiger partial charge in [0.1, 0.15) is 10.3 Å². The first-order chi connectivity index (χ1) is 15.1. The second-order valence-corrected chi connectivity index (χ2v) is 13.1. The fraction of sp³-hybridized carbons (Fsp3) is 0.720. The average molecular weight is 547 g/mol. The first-order valence-electron chi connectivity index (χ1n) is 11.4. The van der Waals surface area contributed by atoms with E-state index in [9.17, 15) is 24.2 Å². The molecule has 1 aliphatic rings. The zero-order valence-electron chi connectivity index (χ0n) is 21.5. The van der Waals surface area contributed by atoms with E-state index in [0.29, 0.717) is 0 Å². The van der Waals surface area contributed by atoms with E-state index in [2.05, 4.69) is 20.9 Å². The molecule has 1 aromatic rings. The molecule has 0 aliphatic carbocycles. The Bertz CT molecular complexity index is 981. The van der Waals surface area contributed by atoms with Crippen LogP contribution in [-0.4, -0.2) is 44.2 Å². The fourth-order valence-corrected chi connectivity index (χ4v) is 6.52. The summed E-state index contributed by atoms with van der Waals surface area (Å²) < 4.78 is 30.6. The maximum absolute atomic E-state index is 15.6. The quantitative estimate of drug-likeness (QED) is 0.412. The summed E-state index contributed by atoms with van der Waals surface area (Å²) in [5, 5.41) is 20.8. The van der Waals surface area contributed by atoms with Crippen molar-refractivity contribution in [3.05, 3.63) is 27.7 Å². The van der Waals surface area contributed by atoms with Gasteiger partial charge in [-0.1, -0.05) is 41.5 Å². The number of rotatable bonds is 4. The summed E-state index contributed by atoms with van der Waals surface area (Å²) in [6, 6.07) is 1.26. The van der Waals surface area contributed by atoms with Crippen molar-refractivity contribution >= 4 is 28.0 Å². The molecule has 2 N–H and O–H groups in total. The number of pyridine rings is 1. The number of nitrogens with zero attached hydrogens (tertiary/aromatic N) is 2. The van der Waals surface area contributed by atoms with E-state index in [1.807, 2.05) is 41.5 Å². The van der Waals surface area contributed by atoms with Crippen molar-refractivity contribution in [3.8, 4) is 0 Å². The molecule has 0 bridgehead atoms. The van der Waals surface area contributed by atoms with Gasteiger partial charge in [-0.3, -0.25) is 4.79 Å². The maximum Gasteiger partial charge on any atom is 0.407 e. The Morgan fingerprint density at radius 2 is 1.71 bits per heavy atom. The van der Waals surface area contributed by atoms with Crippen LogP contribution in [0.2, 0.25) is 0 Å². The summed E-state index contributed by atoms with van der Waals surface area (Å²) in [4.78, 5) is 31.0. The minimum absolute atomic E-state index is 0.0236. The van der Waals surface area contributed by atoms with Crippen LogP contribution >= 0.6 is 15.9 Å². The van der Waals surface area contributed by atoms with Gasteiger partial charge in [0.25, 0.3) is 0 Å². The highest BCUT2D eigenvalue weighted by molar-refractivity contribution is 9.10. The lowest BCUT2D eigenvalue weighted by atomic mass is 9.47. The molecule has 2 heterocycles. The van der Waals surface area contributed by atoms with E-state index >= 15 is 4.39 Å². The summed E-state index contributed by atoms with van der Waals surface area (Å²) >= 11 is 3.22. The Hall–Kier alpha value is -1.77. The van der Waals surface area contributed by atoms with Gasteiger partial charge in [-0.2, -0.15) is 0 Å². The molecule has 2 rings (SSSR count). The van der Waals surface area contributed by atoms with E-state index < -0.39 is 51.3 Å². The molecule has 1 aliphatic heterocycles. The lowest BCUT2D eigenvalue weighted by molar-refractivity contribution is -0.188. The van der Waals surface area contributed by atoms with E-state index in [1.54, 1.807) is 6.92 Å². The van der Waals surface area contributed by atoms with Gasteiger partial charge in [0.05, 0.1) is 16.6 Å². The molecule has 0 saturated carbocycles. The van der Waals surface area contributed by atoms with Crippen molar-refractivity contribution in [1.29, 1.82) is 0 Å². The molecule has 0 spiro atoms. The van der Waals surface area contributed by atoms with Crippen LogP contribution in [0.15, 0.2) is 10.7 Å². The maximum atomic E-state index is 15.6. The smallest absolute Gasteiger partial charge is 0.407 e. The fourth-order valence-electron chi connectivity index (χ4n) is 6.08.